The maximum atomic E-state index is 13.2. The van der Waals surface area contributed by atoms with Crippen molar-refractivity contribution in [1.29, 1.82) is 0 Å². The van der Waals surface area contributed by atoms with Crippen LogP contribution in [0.25, 0.3) is 10.9 Å². The fraction of sp³-hybridized carbons (Fsp3) is 0.130. The molecule has 0 aliphatic rings. The number of hydrogen-bond acceptors (Lipinski definition) is 5. The molecule has 0 atom stereocenters. The van der Waals surface area contributed by atoms with Gasteiger partial charge in [0, 0.05) is 47.8 Å². The SMILES string of the molecule is O=C(Cc1ccc(Cl)c(Cl)c1)Nc1cc(C(=O)c2cn(CCO)c3ccncc23)ccn1. The molecule has 32 heavy (non-hydrogen) atoms. The van der Waals surface area contributed by atoms with E-state index < -0.39 is 0 Å². The summed E-state index contributed by atoms with van der Waals surface area (Å²) in [5.74, 6) is -0.274. The molecule has 0 aliphatic carbocycles. The summed E-state index contributed by atoms with van der Waals surface area (Å²) in [4.78, 5) is 33.9. The Hall–Kier alpha value is -3.26. The molecule has 4 aromatic rings. The number of benzene rings is 1. The van der Waals surface area contributed by atoms with Crippen molar-refractivity contribution in [3.05, 3.63) is 87.9 Å². The topological polar surface area (TPSA) is 97.1 Å². The fourth-order valence-corrected chi connectivity index (χ4v) is 3.75. The molecule has 0 aliphatic heterocycles. The monoisotopic (exact) mass is 468 g/mol. The van der Waals surface area contributed by atoms with Crippen molar-refractivity contribution < 1.29 is 14.7 Å². The number of aliphatic hydroxyl groups is 1. The van der Waals surface area contributed by atoms with Crippen molar-refractivity contribution in [3.63, 3.8) is 0 Å². The summed E-state index contributed by atoms with van der Waals surface area (Å²) in [5.41, 5.74) is 2.34. The van der Waals surface area contributed by atoms with Gasteiger partial charge in [0.25, 0.3) is 0 Å². The van der Waals surface area contributed by atoms with Crippen LogP contribution in [0.4, 0.5) is 5.82 Å². The van der Waals surface area contributed by atoms with Gasteiger partial charge < -0.3 is 15.0 Å². The minimum absolute atomic E-state index is 0.0516. The van der Waals surface area contributed by atoms with Gasteiger partial charge in [0.15, 0.2) is 5.78 Å². The number of ketones is 1. The van der Waals surface area contributed by atoms with Gasteiger partial charge in [-0.05, 0) is 35.9 Å². The van der Waals surface area contributed by atoms with Crippen LogP contribution in [0, 0.1) is 0 Å². The molecule has 7 nitrogen and oxygen atoms in total. The van der Waals surface area contributed by atoms with Crippen LogP contribution in [0.15, 0.2) is 61.2 Å². The highest BCUT2D eigenvalue weighted by atomic mass is 35.5. The Morgan fingerprint density at radius 1 is 1.06 bits per heavy atom. The molecule has 0 bridgehead atoms. The van der Waals surface area contributed by atoms with Crippen LogP contribution in [-0.4, -0.2) is 37.9 Å². The summed E-state index contributed by atoms with van der Waals surface area (Å²) in [6.07, 6.45) is 6.51. The zero-order chi connectivity index (χ0) is 22.7. The normalized spacial score (nSPS) is 11.0. The molecule has 0 spiro atoms. The molecule has 4 rings (SSSR count). The van der Waals surface area contributed by atoms with Crippen LogP contribution in [-0.2, 0) is 17.8 Å². The van der Waals surface area contributed by atoms with E-state index in [4.69, 9.17) is 23.2 Å². The molecular weight excluding hydrogens is 451 g/mol. The van der Waals surface area contributed by atoms with E-state index in [0.29, 0.717) is 38.7 Å². The number of fused-ring (bicyclic) bond motifs is 1. The van der Waals surface area contributed by atoms with Gasteiger partial charge in [0.05, 0.1) is 28.6 Å². The van der Waals surface area contributed by atoms with Crippen LogP contribution in [0.5, 0.6) is 0 Å². The first-order valence-electron chi connectivity index (χ1n) is 9.74. The van der Waals surface area contributed by atoms with Crippen molar-refractivity contribution in [2.75, 3.05) is 11.9 Å². The van der Waals surface area contributed by atoms with Gasteiger partial charge in [-0.1, -0.05) is 29.3 Å². The van der Waals surface area contributed by atoms with E-state index in [1.807, 2.05) is 4.57 Å². The first-order valence-corrected chi connectivity index (χ1v) is 10.5. The maximum Gasteiger partial charge on any atom is 0.229 e. The average Bonchev–Trinajstić information content (AvgIpc) is 3.15. The maximum absolute atomic E-state index is 13.2. The van der Waals surface area contributed by atoms with Crippen molar-refractivity contribution in [1.82, 2.24) is 14.5 Å². The minimum Gasteiger partial charge on any atom is -0.395 e. The molecule has 0 saturated heterocycles. The number of aromatic nitrogens is 3. The van der Waals surface area contributed by atoms with E-state index >= 15 is 0 Å². The van der Waals surface area contributed by atoms with Crippen molar-refractivity contribution in [3.8, 4) is 0 Å². The average molecular weight is 469 g/mol. The van der Waals surface area contributed by atoms with Gasteiger partial charge in [0.2, 0.25) is 5.91 Å². The molecule has 162 valence electrons. The Morgan fingerprint density at radius 3 is 2.69 bits per heavy atom. The van der Waals surface area contributed by atoms with Gasteiger partial charge in [-0.15, -0.1) is 0 Å². The van der Waals surface area contributed by atoms with Gasteiger partial charge >= 0.3 is 0 Å². The van der Waals surface area contributed by atoms with Gasteiger partial charge in [-0.2, -0.15) is 0 Å². The lowest BCUT2D eigenvalue weighted by Crippen LogP contribution is -2.16. The van der Waals surface area contributed by atoms with E-state index in [0.717, 1.165) is 5.52 Å². The molecule has 1 aromatic carbocycles. The second kappa shape index (κ2) is 9.48. The number of amides is 1. The molecule has 3 heterocycles. The summed E-state index contributed by atoms with van der Waals surface area (Å²) < 4.78 is 1.81. The van der Waals surface area contributed by atoms with Crippen LogP contribution in [0.1, 0.15) is 21.5 Å². The van der Waals surface area contributed by atoms with E-state index in [2.05, 4.69) is 15.3 Å². The van der Waals surface area contributed by atoms with Crippen LogP contribution in [0.3, 0.4) is 0 Å². The molecule has 0 radical (unpaired) electrons. The van der Waals surface area contributed by atoms with Crippen LogP contribution in [0.2, 0.25) is 10.0 Å². The highest BCUT2D eigenvalue weighted by molar-refractivity contribution is 6.42. The molecule has 9 heteroatoms. The zero-order valence-corrected chi connectivity index (χ0v) is 18.3. The number of nitrogens with zero attached hydrogens (tertiary/aromatic N) is 3. The number of anilines is 1. The molecule has 2 N–H and O–H groups in total. The Morgan fingerprint density at radius 2 is 1.91 bits per heavy atom. The smallest absolute Gasteiger partial charge is 0.229 e. The number of carbonyl (C=O) groups is 2. The third-order valence-corrected chi connectivity index (χ3v) is 5.65. The molecule has 3 aromatic heterocycles. The lowest BCUT2D eigenvalue weighted by molar-refractivity contribution is -0.115. The number of halogens is 2. The second-order valence-electron chi connectivity index (χ2n) is 7.08. The van der Waals surface area contributed by atoms with Crippen molar-refractivity contribution in [2.24, 2.45) is 0 Å². The number of pyridine rings is 2. The van der Waals surface area contributed by atoms with E-state index in [9.17, 15) is 14.7 Å². The van der Waals surface area contributed by atoms with Gasteiger partial charge in [-0.25, -0.2) is 4.98 Å². The third-order valence-electron chi connectivity index (χ3n) is 4.91. The summed E-state index contributed by atoms with van der Waals surface area (Å²) in [6, 6.07) is 9.89. The first-order chi connectivity index (χ1) is 15.5. The second-order valence-corrected chi connectivity index (χ2v) is 7.90. The predicted molar refractivity (Wildman–Crippen MR) is 123 cm³/mol. The molecular formula is C23H18Cl2N4O3. The van der Waals surface area contributed by atoms with E-state index in [-0.39, 0.29) is 30.5 Å². The Bertz CT molecular complexity index is 1320. The summed E-state index contributed by atoms with van der Waals surface area (Å²) in [5, 5.41) is 13.5. The first kappa shape index (κ1) is 22.0. The lowest BCUT2D eigenvalue weighted by atomic mass is 10.0. The number of nitrogens with one attached hydrogen (secondary N) is 1. The lowest BCUT2D eigenvalue weighted by Gasteiger charge is -2.07. The van der Waals surface area contributed by atoms with E-state index in [1.165, 1.54) is 12.3 Å². The predicted octanol–water partition coefficient (Wildman–Crippen LogP) is 4.14. The number of aliphatic hydroxyl groups excluding tert-OH is 1. The molecule has 1 amide bonds. The summed E-state index contributed by atoms with van der Waals surface area (Å²) >= 11 is 11.9. The summed E-state index contributed by atoms with van der Waals surface area (Å²) in [7, 11) is 0. The standard InChI is InChI=1S/C23H18Cl2N4O3/c24-18-2-1-14(9-19(18)25)10-22(31)28-21-11-15(3-6-27-21)23(32)17-13-29(7-8-30)20-4-5-26-12-16(17)20/h1-6,9,11-13,30H,7-8,10H2,(H,27,28,31). The minimum atomic E-state index is -0.302. The summed E-state index contributed by atoms with van der Waals surface area (Å²) in [6.45, 7) is 0.310. The van der Waals surface area contributed by atoms with Crippen molar-refractivity contribution >= 4 is 51.6 Å². The quantitative estimate of drug-likeness (QED) is 0.397. The van der Waals surface area contributed by atoms with Crippen LogP contribution < -0.4 is 5.32 Å². The largest absolute Gasteiger partial charge is 0.395 e. The number of rotatable bonds is 7. The third kappa shape index (κ3) is 4.65. The number of carbonyl (C=O) groups excluding carboxylic acids is 2. The van der Waals surface area contributed by atoms with Crippen LogP contribution >= 0.6 is 23.2 Å². The molecule has 0 saturated carbocycles. The molecule has 0 unspecified atom stereocenters. The van der Waals surface area contributed by atoms with Gasteiger partial charge in [0.1, 0.15) is 5.82 Å². The highest BCUT2D eigenvalue weighted by Gasteiger charge is 2.18. The fourth-order valence-electron chi connectivity index (χ4n) is 3.43. The Labute approximate surface area is 193 Å². The Balaban J connectivity index is 1.55. The highest BCUT2D eigenvalue weighted by Crippen LogP contribution is 2.25. The number of hydrogen-bond donors (Lipinski definition) is 2. The Kier molecular flexibility index (Phi) is 6.50. The van der Waals surface area contributed by atoms with Crippen molar-refractivity contribution in [2.45, 2.75) is 13.0 Å². The van der Waals surface area contributed by atoms with E-state index in [1.54, 1.807) is 48.9 Å². The molecule has 0 fully saturated rings. The van der Waals surface area contributed by atoms with Gasteiger partial charge in [-0.3, -0.25) is 14.6 Å². The zero-order valence-electron chi connectivity index (χ0n) is 16.8.